The summed E-state index contributed by atoms with van der Waals surface area (Å²) in [5.74, 6) is 0. The van der Waals surface area contributed by atoms with Gasteiger partial charge in [-0.15, -0.1) is 13.1 Å². The largest absolute Gasteiger partial charge is 2.00 e. The summed E-state index contributed by atoms with van der Waals surface area (Å²) in [6, 6.07) is 6.74. The van der Waals surface area contributed by atoms with E-state index in [0.717, 1.165) is 32.6 Å². The van der Waals surface area contributed by atoms with E-state index in [1.807, 2.05) is 0 Å². The number of piperazine rings is 1. The van der Waals surface area contributed by atoms with Crippen LogP contribution in [0.4, 0.5) is 5.69 Å². The van der Waals surface area contributed by atoms with E-state index in [4.69, 9.17) is 0 Å². The maximum absolute atomic E-state index is 4.55. The monoisotopic (exact) mass is 429 g/mol. The third kappa shape index (κ3) is 3.59. The van der Waals surface area contributed by atoms with E-state index in [1.165, 1.54) is 29.9 Å². The Bertz CT molecular complexity index is 400. The molecule has 1 fully saturated rings. The molecule has 0 aromatic heterocycles. The van der Waals surface area contributed by atoms with Gasteiger partial charge in [0.15, 0.2) is 0 Å². The van der Waals surface area contributed by atoms with Crippen LogP contribution in [0.25, 0.3) is 5.32 Å². The number of nitrogens with zero attached hydrogens (tertiary/aromatic N) is 3. The number of benzene rings is 1. The number of hydrogen-bond acceptors (Lipinski definition) is 2. The van der Waals surface area contributed by atoms with Crippen molar-refractivity contribution < 1.29 is 21.1 Å². The fourth-order valence-electron chi connectivity index (χ4n) is 2.77. The van der Waals surface area contributed by atoms with Crippen LogP contribution in [0.1, 0.15) is 11.1 Å². The van der Waals surface area contributed by atoms with Gasteiger partial charge in [0.05, 0.1) is 0 Å². The summed E-state index contributed by atoms with van der Waals surface area (Å²) >= 11 is 0. The van der Waals surface area contributed by atoms with Gasteiger partial charge in [0.25, 0.3) is 0 Å². The molecular formula is C15H23N3W. The molecule has 0 bridgehead atoms. The summed E-state index contributed by atoms with van der Waals surface area (Å²) in [7, 11) is 2.20. The van der Waals surface area contributed by atoms with Crippen LogP contribution in [0.2, 0.25) is 0 Å². The van der Waals surface area contributed by atoms with Crippen molar-refractivity contribution in [3.05, 3.63) is 42.1 Å². The van der Waals surface area contributed by atoms with E-state index < -0.39 is 0 Å². The van der Waals surface area contributed by atoms with E-state index in [0.29, 0.717) is 0 Å². The Labute approximate surface area is 131 Å². The van der Waals surface area contributed by atoms with E-state index in [9.17, 15) is 0 Å². The van der Waals surface area contributed by atoms with Crippen molar-refractivity contribution in [2.45, 2.75) is 13.0 Å². The Morgan fingerprint density at radius 2 is 1.84 bits per heavy atom. The van der Waals surface area contributed by atoms with Crippen LogP contribution in [-0.4, -0.2) is 44.7 Å². The molecule has 104 valence electrons. The van der Waals surface area contributed by atoms with Gasteiger partial charge in [0.2, 0.25) is 0 Å². The van der Waals surface area contributed by atoms with Crippen molar-refractivity contribution in [2.24, 2.45) is 0 Å². The van der Waals surface area contributed by atoms with Gasteiger partial charge in [-0.2, -0.15) is 0 Å². The number of hydrogen-bond donors (Lipinski definition) is 0. The van der Waals surface area contributed by atoms with E-state index in [2.05, 4.69) is 40.4 Å². The molecule has 1 aromatic carbocycles. The molecule has 0 N–H and O–H groups in total. The molecule has 4 heteroatoms. The van der Waals surface area contributed by atoms with Crippen LogP contribution in [0.5, 0.6) is 0 Å². The molecule has 0 amide bonds. The summed E-state index contributed by atoms with van der Waals surface area (Å²) in [6.07, 6.45) is 1.12. The average Bonchev–Trinajstić information content (AvgIpc) is 2.39. The Balaban J connectivity index is 0.000000902. The van der Waals surface area contributed by atoms with Gasteiger partial charge in [0, 0.05) is 31.9 Å². The fraction of sp³-hybridized carbons (Fsp3) is 0.533. The third-order valence-corrected chi connectivity index (χ3v) is 3.90. The summed E-state index contributed by atoms with van der Waals surface area (Å²) in [6.45, 7) is 6.54. The van der Waals surface area contributed by atoms with E-state index in [-0.39, 0.29) is 28.5 Å². The minimum atomic E-state index is 0. The molecule has 3 rings (SSSR count). The molecule has 0 unspecified atom stereocenters. The molecule has 1 saturated heterocycles. The first-order valence-corrected chi connectivity index (χ1v) is 6.52. The van der Waals surface area contributed by atoms with Crippen molar-refractivity contribution in [3.8, 4) is 0 Å². The summed E-state index contributed by atoms with van der Waals surface area (Å²) < 4.78 is 0. The second kappa shape index (κ2) is 7.42. The van der Waals surface area contributed by atoms with Gasteiger partial charge < -0.3 is 22.5 Å². The zero-order valence-corrected chi connectivity index (χ0v) is 14.9. The maximum Gasteiger partial charge on any atom is 2.00 e. The SMILES string of the molecule is CN1CCN(c2cccc3c2C[N-]CC3)CC1.[CH3-].[W+2]. The van der Waals surface area contributed by atoms with Gasteiger partial charge in [-0.25, -0.2) is 0 Å². The number of anilines is 1. The number of rotatable bonds is 1. The van der Waals surface area contributed by atoms with Gasteiger partial charge in [-0.05, 0) is 30.7 Å². The van der Waals surface area contributed by atoms with Crippen molar-refractivity contribution in [1.29, 1.82) is 0 Å². The molecule has 3 nitrogen and oxygen atoms in total. The van der Waals surface area contributed by atoms with Crippen LogP contribution in [0.3, 0.4) is 0 Å². The zero-order chi connectivity index (χ0) is 11.7. The van der Waals surface area contributed by atoms with Gasteiger partial charge >= 0.3 is 21.1 Å². The molecule has 1 aromatic rings. The fourth-order valence-corrected chi connectivity index (χ4v) is 2.77. The van der Waals surface area contributed by atoms with Crippen LogP contribution in [0.15, 0.2) is 18.2 Å². The molecule has 2 aliphatic rings. The van der Waals surface area contributed by atoms with Crippen molar-refractivity contribution >= 4 is 5.69 Å². The Kier molecular flexibility index (Phi) is 6.52. The first-order valence-electron chi connectivity index (χ1n) is 6.52. The standard InChI is InChI=1S/C14H20N3.CH3.W/c1-16-7-9-17(10-8-16)14-4-2-3-12-5-6-15-11-13(12)14;;/h2-4H,5-11H2,1H3;1H3;/q2*-1;+2. The van der Waals surface area contributed by atoms with Crippen molar-refractivity contribution in [3.63, 3.8) is 0 Å². The molecule has 0 atom stereocenters. The minimum Gasteiger partial charge on any atom is -0.658 e. The molecule has 0 radical (unpaired) electrons. The second-order valence-corrected chi connectivity index (χ2v) is 5.06. The van der Waals surface area contributed by atoms with E-state index in [1.54, 1.807) is 0 Å². The molecular weight excluding hydrogens is 406 g/mol. The molecule has 0 aliphatic carbocycles. The quantitative estimate of drug-likeness (QED) is 0.640. The maximum atomic E-state index is 4.55. The first-order chi connectivity index (χ1) is 8.34. The number of likely N-dealkylation sites (N-methyl/N-ethyl adjacent to an activating group) is 1. The zero-order valence-electron chi connectivity index (χ0n) is 11.9. The number of fused-ring (bicyclic) bond motifs is 1. The predicted molar refractivity (Wildman–Crippen MR) is 78.2 cm³/mol. The minimum absolute atomic E-state index is 0. The predicted octanol–water partition coefficient (Wildman–Crippen LogP) is 2.32. The summed E-state index contributed by atoms with van der Waals surface area (Å²) in [4.78, 5) is 4.93. The first kappa shape index (κ1) is 16.7. The third-order valence-electron chi connectivity index (χ3n) is 3.90. The van der Waals surface area contributed by atoms with Crippen LogP contribution < -0.4 is 4.90 Å². The van der Waals surface area contributed by atoms with Crippen LogP contribution in [-0.2, 0) is 34.0 Å². The van der Waals surface area contributed by atoms with Gasteiger partial charge in [0.1, 0.15) is 0 Å². The molecule has 0 saturated carbocycles. The summed E-state index contributed by atoms with van der Waals surface area (Å²) in [5.41, 5.74) is 4.42. The van der Waals surface area contributed by atoms with E-state index >= 15 is 0 Å². The Morgan fingerprint density at radius 3 is 2.58 bits per heavy atom. The van der Waals surface area contributed by atoms with Crippen LogP contribution >= 0.6 is 0 Å². The van der Waals surface area contributed by atoms with Crippen molar-refractivity contribution in [1.82, 2.24) is 4.90 Å². The topological polar surface area (TPSA) is 20.6 Å². The van der Waals surface area contributed by atoms with Crippen LogP contribution in [0, 0.1) is 7.43 Å². The Hall–Kier alpha value is -0.372. The smallest absolute Gasteiger partial charge is 0.658 e. The average molecular weight is 429 g/mol. The Morgan fingerprint density at radius 1 is 1.11 bits per heavy atom. The second-order valence-electron chi connectivity index (χ2n) is 5.06. The molecule has 0 spiro atoms. The molecule has 19 heavy (non-hydrogen) atoms. The molecule has 2 aliphatic heterocycles. The van der Waals surface area contributed by atoms with Gasteiger partial charge in [-0.1, -0.05) is 12.1 Å². The van der Waals surface area contributed by atoms with Gasteiger partial charge in [-0.3, -0.25) is 0 Å². The molecule has 2 heterocycles. The summed E-state index contributed by atoms with van der Waals surface area (Å²) in [5, 5.41) is 4.55. The van der Waals surface area contributed by atoms with Crippen molar-refractivity contribution in [2.75, 3.05) is 44.7 Å². The normalized spacial score (nSPS) is 19.1.